The van der Waals surface area contributed by atoms with E-state index in [0.29, 0.717) is 34.9 Å². The lowest BCUT2D eigenvalue weighted by molar-refractivity contribution is 0.601. The summed E-state index contributed by atoms with van der Waals surface area (Å²) in [4.78, 5) is 16.3. The monoisotopic (exact) mass is 487 g/mol. The molecule has 0 aliphatic heterocycles. The van der Waals surface area contributed by atoms with E-state index in [-0.39, 0.29) is 10.8 Å². The molecular weight excluding hydrogens is 466 g/mol. The van der Waals surface area contributed by atoms with Crippen molar-refractivity contribution in [3.63, 3.8) is 0 Å². The van der Waals surface area contributed by atoms with Gasteiger partial charge in [-0.05, 0) is 35.9 Å². The van der Waals surface area contributed by atoms with Crippen molar-refractivity contribution in [2.45, 2.75) is 11.4 Å². The smallest absolute Gasteiger partial charge is 0.231 e. The molecule has 0 aliphatic rings. The van der Waals surface area contributed by atoms with Crippen molar-refractivity contribution in [1.29, 1.82) is 0 Å². The minimum Gasteiger partial charge on any atom is -0.364 e. The van der Waals surface area contributed by atoms with Gasteiger partial charge in [-0.1, -0.05) is 18.2 Å². The van der Waals surface area contributed by atoms with Crippen LogP contribution in [0.1, 0.15) is 5.56 Å². The third kappa shape index (κ3) is 5.75. The van der Waals surface area contributed by atoms with Crippen LogP contribution >= 0.6 is 0 Å². The lowest BCUT2D eigenvalue weighted by Crippen LogP contribution is -2.09. The number of hydrogen-bond donors (Lipinski definition) is 4. The van der Waals surface area contributed by atoms with Crippen LogP contribution in [-0.4, -0.2) is 49.3 Å². The number of anilines is 4. The highest BCUT2D eigenvalue weighted by Gasteiger charge is 2.12. The summed E-state index contributed by atoms with van der Waals surface area (Å²) in [6.07, 6.45) is 3.73. The van der Waals surface area contributed by atoms with Gasteiger partial charge in [0.2, 0.25) is 16.0 Å². The summed E-state index contributed by atoms with van der Waals surface area (Å²) >= 11 is 0. The van der Waals surface area contributed by atoms with Gasteiger partial charge < -0.3 is 15.6 Å². The summed E-state index contributed by atoms with van der Waals surface area (Å²) in [5.41, 5.74) is 2.75. The fourth-order valence-corrected chi connectivity index (χ4v) is 4.34. The number of aromatic nitrogens is 4. The van der Waals surface area contributed by atoms with Crippen LogP contribution in [-0.2, 0) is 26.4 Å². The summed E-state index contributed by atoms with van der Waals surface area (Å²) in [6, 6.07) is 13.3. The first kappa shape index (κ1) is 22.5. The van der Waals surface area contributed by atoms with E-state index in [1.54, 1.807) is 42.5 Å². The minimum absolute atomic E-state index is 0.236. The third-order valence-corrected chi connectivity index (χ3v) is 6.20. The van der Waals surface area contributed by atoms with Crippen LogP contribution in [0.15, 0.2) is 59.8 Å². The van der Waals surface area contributed by atoms with Crippen LogP contribution in [0.25, 0.3) is 11.2 Å². The van der Waals surface area contributed by atoms with Gasteiger partial charge in [0.15, 0.2) is 21.3 Å². The zero-order chi connectivity index (χ0) is 23.6. The molecule has 2 aromatic carbocycles. The second kappa shape index (κ2) is 8.67. The molecule has 0 spiro atoms. The fourth-order valence-electron chi connectivity index (χ4n) is 3.09. The maximum atomic E-state index is 11.8. The Balaban J connectivity index is 1.59. The summed E-state index contributed by atoms with van der Waals surface area (Å²) in [5, 5.41) is 6.23. The number of sulfonamides is 1. The molecule has 4 aromatic rings. The number of nitrogens with zero attached hydrogens (tertiary/aromatic N) is 3. The number of benzene rings is 2. The number of rotatable bonds is 8. The maximum absolute atomic E-state index is 11.8. The molecule has 4 N–H and O–H groups in total. The van der Waals surface area contributed by atoms with E-state index in [4.69, 9.17) is 0 Å². The summed E-state index contributed by atoms with van der Waals surface area (Å²) < 4.78 is 49.0. The first-order chi connectivity index (χ1) is 15.6. The van der Waals surface area contributed by atoms with E-state index in [0.717, 1.165) is 18.1 Å². The number of nitrogens with one attached hydrogen (secondary N) is 4. The molecule has 0 radical (unpaired) electrons. The summed E-state index contributed by atoms with van der Waals surface area (Å²) in [6.45, 7) is 0.315. The van der Waals surface area contributed by atoms with Gasteiger partial charge in [-0.25, -0.2) is 21.8 Å². The molecule has 0 unspecified atom stereocenters. The Bertz CT molecular complexity index is 1530. The highest BCUT2D eigenvalue weighted by Crippen LogP contribution is 2.23. The molecule has 13 heteroatoms. The van der Waals surface area contributed by atoms with Gasteiger partial charge in [-0.3, -0.25) is 4.72 Å². The standard InChI is InChI=1S/C20H21N7O4S2/c1-32(28,29)16-8-3-5-13(9-16)11-21-18-17-19(23-12-22-17)26-20(25-18)24-14-6-4-7-15(10-14)27-33(2,30)31/h3-10,12,27H,11H2,1-2H3,(H3,21,22,23,24,25,26). The van der Waals surface area contributed by atoms with Crippen LogP contribution in [0.5, 0.6) is 0 Å². The Labute approximate surface area is 190 Å². The fraction of sp³-hybridized carbons (Fsp3) is 0.150. The number of hydrogen-bond acceptors (Lipinski definition) is 9. The van der Waals surface area contributed by atoms with E-state index in [9.17, 15) is 16.8 Å². The first-order valence-electron chi connectivity index (χ1n) is 9.66. The summed E-state index contributed by atoms with van der Waals surface area (Å²) in [7, 11) is -6.72. The van der Waals surface area contributed by atoms with E-state index in [2.05, 4.69) is 35.3 Å². The number of fused-ring (bicyclic) bond motifs is 1. The Morgan fingerprint density at radius 2 is 1.70 bits per heavy atom. The van der Waals surface area contributed by atoms with Gasteiger partial charge in [0.1, 0.15) is 5.52 Å². The van der Waals surface area contributed by atoms with E-state index in [1.807, 2.05) is 6.07 Å². The van der Waals surface area contributed by atoms with Crippen LogP contribution in [0, 0.1) is 0 Å². The van der Waals surface area contributed by atoms with Crippen LogP contribution in [0.3, 0.4) is 0 Å². The SMILES string of the molecule is CS(=O)(=O)Nc1cccc(Nc2nc(NCc3cccc(S(C)(=O)=O)c3)c3nc[nH]c3n2)c1. The van der Waals surface area contributed by atoms with Crippen molar-refractivity contribution in [2.75, 3.05) is 27.9 Å². The molecule has 0 saturated heterocycles. The van der Waals surface area contributed by atoms with Crippen LogP contribution in [0.2, 0.25) is 0 Å². The predicted octanol–water partition coefficient (Wildman–Crippen LogP) is 2.48. The Morgan fingerprint density at radius 3 is 2.45 bits per heavy atom. The molecule has 33 heavy (non-hydrogen) atoms. The van der Waals surface area contributed by atoms with E-state index >= 15 is 0 Å². The Kier molecular flexibility index (Phi) is 5.91. The summed E-state index contributed by atoms with van der Waals surface area (Å²) in [5.74, 6) is 0.703. The predicted molar refractivity (Wildman–Crippen MR) is 127 cm³/mol. The minimum atomic E-state index is -3.41. The second-order valence-corrected chi connectivity index (χ2v) is 11.1. The van der Waals surface area contributed by atoms with Gasteiger partial charge in [0.25, 0.3) is 0 Å². The van der Waals surface area contributed by atoms with Crippen molar-refractivity contribution in [3.8, 4) is 0 Å². The number of sulfone groups is 1. The van der Waals surface area contributed by atoms with Crippen molar-refractivity contribution in [1.82, 2.24) is 19.9 Å². The molecule has 11 nitrogen and oxygen atoms in total. The normalized spacial score (nSPS) is 11.9. The molecule has 4 rings (SSSR count). The molecule has 0 aliphatic carbocycles. The van der Waals surface area contributed by atoms with Crippen molar-refractivity contribution < 1.29 is 16.8 Å². The molecular formula is C20H21N7O4S2. The quantitative estimate of drug-likeness (QED) is 0.293. The zero-order valence-electron chi connectivity index (χ0n) is 17.7. The second-order valence-electron chi connectivity index (χ2n) is 7.35. The average molecular weight is 488 g/mol. The third-order valence-electron chi connectivity index (χ3n) is 4.49. The van der Waals surface area contributed by atoms with Crippen LogP contribution < -0.4 is 15.4 Å². The maximum Gasteiger partial charge on any atom is 0.231 e. The Morgan fingerprint density at radius 1 is 0.939 bits per heavy atom. The number of imidazole rings is 1. The number of aromatic amines is 1. The van der Waals surface area contributed by atoms with Crippen molar-refractivity contribution in [2.24, 2.45) is 0 Å². The topological polar surface area (TPSA) is 159 Å². The lowest BCUT2D eigenvalue weighted by Gasteiger charge is -2.11. The highest BCUT2D eigenvalue weighted by molar-refractivity contribution is 7.92. The molecule has 0 saturated carbocycles. The first-order valence-corrected chi connectivity index (χ1v) is 13.4. The lowest BCUT2D eigenvalue weighted by atomic mass is 10.2. The van der Waals surface area contributed by atoms with Gasteiger partial charge in [0.05, 0.1) is 23.2 Å². The molecule has 0 fully saturated rings. The largest absolute Gasteiger partial charge is 0.364 e. The van der Waals surface area contributed by atoms with Crippen molar-refractivity contribution >= 4 is 54.2 Å². The highest BCUT2D eigenvalue weighted by atomic mass is 32.2. The van der Waals surface area contributed by atoms with Gasteiger partial charge >= 0.3 is 0 Å². The number of H-pyrrole nitrogens is 1. The average Bonchev–Trinajstić information content (AvgIpc) is 3.19. The van der Waals surface area contributed by atoms with Gasteiger partial charge in [0, 0.05) is 18.5 Å². The molecule has 2 heterocycles. The molecule has 0 atom stereocenters. The molecule has 172 valence electrons. The van der Waals surface area contributed by atoms with Crippen LogP contribution in [0.4, 0.5) is 23.1 Å². The van der Waals surface area contributed by atoms with Gasteiger partial charge in [-0.15, -0.1) is 0 Å². The van der Waals surface area contributed by atoms with Gasteiger partial charge in [-0.2, -0.15) is 9.97 Å². The molecule has 2 aromatic heterocycles. The van der Waals surface area contributed by atoms with Crippen molar-refractivity contribution in [3.05, 3.63) is 60.4 Å². The van der Waals surface area contributed by atoms with E-state index in [1.165, 1.54) is 6.33 Å². The Hall–Kier alpha value is -3.71. The molecule has 0 bridgehead atoms. The zero-order valence-corrected chi connectivity index (χ0v) is 19.3. The van der Waals surface area contributed by atoms with E-state index < -0.39 is 19.9 Å². The molecule has 0 amide bonds.